The minimum absolute atomic E-state index is 0.285. The van der Waals surface area contributed by atoms with Crippen LogP contribution in [0.2, 0.25) is 0 Å². The van der Waals surface area contributed by atoms with Crippen molar-refractivity contribution in [2.24, 2.45) is 5.73 Å². The van der Waals surface area contributed by atoms with Gasteiger partial charge in [0.25, 0.3) is 0 Å². The molecule has 1 aromatic rings. The number of methoxy groups -OCH3 is 2. The highest BCUT2D eigenvalue weighted by Crippen LogP contribution is 2.27. The second kappa shape index (κ2) is 4.84. The molecule has 90 valence electrons. The average molecular weight is 231 g/mol. The molecule has 0 bridgehead atoms. The van der Waals surface area contributed by atoms with Crippen LogP contribution in [0.3, 0.4) is 0 Å². The monoisotopic (exact) mass is 231 g/mol. The first kappa shape index (κ1) is 12.0. The molecular weight excluding hydrogens is 214 g/mol. The molecule has 2 rings (SSSR count). The van der Waals surface area contributed by atoms with E-state index in [2.05, 4.69) is 12.1 Å². The van der Waals surface area contributed by atoms with Crippen molar-refractivity contribution < 1.29 is 9.47 Å². The van der Waals surface area contributed by atoms with Crippen molar-refractivity contribution in [2.75, 3.05) is 14.2 Å². The minimum atomic E-state index is -0.882. The van der Waals surface area contributed by atoms with Crippen LogP contribution in [0, 0.1) is 0 Å². The van der Waals surface area contributed by atoms with Gasteiger partial charge in [-0.25, -0.2) is 0 Å². The second-order valence-electron chi connectivity index (χ2n) is 4.04. The fourth-order valence-corrected chi connectivity index (χ4v) is 1.92. The molecule has 0 aliphatic heterocycles. The van der Waals surface area contributed by atoms with Crippen LogP contribution in [0.25, 0.3) is 5.57 Å². The molecule has 2 unspecified atom stereocenters. The molecule has 2 N–H and O–H groups in total. The molecule has 1 aliphatic carbocycles. The van der Waals surface area contributed by atoms with E-state index < -0.39 is 5.72 Å². The van der Waals surface area contributed by atoms with Crippen LogP contribution in [0.4, 0.5) is 0 Å². The molecule has 0 fully saturated rings. The maximum atomic E-state index is 6.07. The van der Waals surface area contributed by atoms with E-state index in [9.17, 15) is 0 Å². The average Bonchev–Trinajstić information content (AvgIpc) is 2.40. The second-order valence-corrected chi connectivity index (χ2v) is 4.04. The van der Waals surface area contributed by atoms with Gasteiger partial charge in [-0.3, -0.25) is 5.73 Å². The summed E-state index contributed by atoms with van der Waals surface area (Å²) in [7, 11) is 3.21. The molecular formula is C14H17NO2. The van der Waals surface area contributed by atoms with Gasteiger partial charge in [0.1, 0.15) is 6.10 Å². The first-order chi connectivity index (χ1) is 8.19. The van der Waals surface area contributed by atoms with Crippen molar-refractivity contribution in [1.29, 1.82) is 0 Å². The molecule has 2 atom stereocenters. The third-order valence-corrected chi connectivity index (χ3v) is 3.01. The number of hydrogen-bond donors (Lipinski definition) is 1. The summed E-state index contributed by atoms with van der Waals surface area (Å²) in [5.74, 6) is 0. The first-order valence-corrected chi connectivity index (χ1v) is 5.53. The highest BCUT2D eigenvalue weighted by Gasteiger charge is 2.33. The van der Waals surface area contributed by atoms with Crippen molar-refractivity contribution in [2.45, 2.75) is 11.8 Å². The third kappa shape index (κ3) is 2.31. The van der Waals surface area contributed by atoms with Crippen LogP contribution in [0.5, 0.6) is 0 Å². The van der Waals surface area contributed by atoms with Crippen molar-refractivity contribution in [1.82, 2.24) is 0 Å². The van der Waals surface area contributed by atoms with E-state index in [0.717, 1.165) is 11.1 Å². The highest BCUT2D eigenvalue weighted by molar-refractivity contribution is 5.76. The predicted octanol–water partition coefficient (Wildman–Crippen LogP) is 1.96. The van der Waals surface area contributed by atoms with E-state index in [4.69, 9.17) is 15.2 Å². The van der Waals surface area contributed by atoms with Crippen LogP contribution < -0.4 is 5.73 Å². The Hall–Kier alpha value is -1.42. The van der Waals surface area contributed by atoms with Crippen LogP contribution >= 0.6 is 0 Å². The van der Waals surface area contributed by atoms with Gasteiger partial charge in [0.05, 0.1) is 0 Å². The van der Waals surface area contributed by atoms with E-state index in [-0.39, 0.29) is 6.10 Å². The number of ether oxygens (including phenoxy) is 2. The van der Waals surface area contributed by atoms with E-state index >= 15 is 0 Å². The molecule has 0 aromatic heterocycles. The molecule has 0 saturated carbocycles. The highest BCUT2D eigenvalue weighted by atomic mass is 16.5. The summed E-state index contributed by atoms with van der Waals surface area (Å²) < 4.78 is 10.7. The fourth-order valence-electron chi connectivity index (χ4n) is 1.92. The van der Waals surface area contributed by atoms with E-state index in [0.29, 0.717) is 0 Å². The lowest BCUT2D eigenvalue weighted by Crippen LogP contribution is -2.51. The maximum Gasteiger partial charge on any atom is 0.165 e. The molecule has 1 aromatic carbocycles. The molecule has 3 nitrogen and oxygen atoms in total. The summed E-state index contributed by atoms with van der Waals surface area (Å²) in [4.78, 5) is 0. The molecule has 0 saturated heterocycles. The van der Waals surface area contributed by atoms with E-state index in [1.807, 2.05) is 36.4 Å². The summed E-state index contributed by atoms with van der Waals surface area (Å²) >= 11 is 0. The Morgan fingerprint density at radius 3 is 2.47 bits per heavy atom. The zero-order valence-corrected chi connectivity index (χ0v) is 10.1. The molecule has 17 heavy (non-hydrogen) atoms. The lowest BCUT2D eigenvalue weighted by Gasteiger charge is -2.33. The smallest absolute Gasteiger partial charge is 0.165 e. The standard InChI is InChI=1S/C14H17NO2/c1-16-13-10-12(8-9-14(13,15)17-2)11-6-4-3-5-7-11/h3-10,13H,15H2,1-2H3. The lowest BCUT2D eigenvalue weighted by molar-refractivity contribution is -0.0619. The largest absolute Gasteiger partial charge is 0.373 e. The van der Waals surface area contributed by atoms with Crippen molar-refractivity contribution in [3.8, 4) is 0 Å². The SMILES string of the molecule is COC1C=C(c2ccccc2)C=CC1(N)OC. The number of hydrogen-bond acceptors (Lipinski definition) is 3. The van der Waals surface area contributed by atoms with Gasteiger partial charge in [-0.2, -0.15) is 0 Å². The Morgan fingerprint density at radius 1 is 1.18 bits per heavy atom. The first-order valence-electron chi connectivity index (χ1n) is 5.53. The van der Waals surface area contributed by atoms with E-state index in [1.165, 1.54) is 0 Å². The molecule has 0 heterocycles. The Balaban J connectivity index is 2.32. The number of allylic oxidation sites excluding steroid dienone is 2. The van der Waals surface area contributed by atoms with Crippen molar-refractivity contribution in [3.63, 3.8) is 0 Å². The quantitative estimate of drug-likeness (QED) is 0.809. The Bertz CT molecular complexity index is 439. The number of benzene rings is 1. The summed E-state index contributed by atoms with van der Waals surface area (Å²) in [5.41, 5.74) is 7.43. The van der Waals surface area contributed by atoms with Gasteiger partial charge in [-0.05, 0) is 23.3 Å². The van der Waals surface area contributed by atoms with Gasteiger partial charge in [-0.15, -0.1) is 0 Å². The van der Waals surface area contributed by atoms with Gasteiger partial charge in [-0.1, -0.05) is 36.4 Å². The number of rotatable bonds is 3. The molecule has 0 radical (unpaired) electrons. The Kier molecular flexibility index (Phi) is 3.43. The zero-order valence-electron chi connectivity index (χ0n) is 10.1. The van der Waals surface area contributed by atoms with E-state index in [1.54, 1.807) is 14.2 Å². The van der Waals surface area contributed by atoms with Crippen LogP contribution in [-0.4, -0.2) is 26.0 Å². The van der Waals surface area contributed by atoms with Gasteiger partial charge >= 0.3 is 0 Å². The van der Waals surface area contributed by atoms with Gasteiger partial charge < -0.3 is 9.47 Å². The lowest BCUT2D eigenvalue weighted by atomic mass is 9.93. The summed E-state index contributed by atoms with van der Waals surface area (Å²) in [6, 6.07) is 10.1. The summed E-state index contributed by atoms with van der Waals surface area (Å²) in [5, 5.41) is 0. The maximum absolute atomic E-state index is 6.07. The third-order valence-electron chi connectivity index (χ3n) is 3.01. The van der Waals surface area contributed by atoms with Crippen molar-refractivity contribution >= 4 is 5.57 Å². The van der Waals surface area contributed by atoms with Gasteiger partial charge in [0.15, 0.2) is 5.72 Å². The van der Waals surface area contributed by atoms with Crippen molar-refractivity contribution in [3.05, 3.63) is 54.1 Å². The summed E-state index contributed by atoms with van der Waals surface area (Å²) in [6.07, 6.45) is 5.50. The number of nitrogens with two attached hydrogens (primary N) is 1. The normalized spacial score (nSPS) is 27.9. The Morgan fingerprint density at radius 2 is 1.88 bits per heavy atom. The Labute approximate surface area is 102 Å². The van der Waals surface area contributed by atoms with Crippen LogP contribution in [0.1, 0.15) is 5.56 Å². The molecule has 1 aliphatic rings. The zero-order chi connectivity index (χ0) is 12.3. The van der Waals surface area contributed by atoms with Gasteiger partial charge in [0, 0.05) is 14.2 Å². The molecule has 0 amide bonds. The summed E-state index contributed by atoms with van der Waals surface area (Å²) in [6.45, 7) is 0. The predicted molar refractivity (Wildman–Crippen MR) is 68.3 cm³/mol. The fraction of sp³-hybridized carbons (Fsp3) is 0.286. The molecule has 0 spiro atoms. The minimum Gasteiger partial charge on any atom is -0.373 e. The topological polar surface area (TPSA) is 44.5 Å². The van der Waals surface area contributed by atoms with Crippen LogP contribution in [0.15, 0.2) is 48.6 Å². The van der Waals surface area contributed by atoms with Crippen LogP contribution in [-0.2, 0) is 9.47 Å². The molecule has 3 heteroatoms. The van der Waals surface area contributed by atoms with Gasteiger partial charge in [0.2, 0.25) is 0 Å².